The number of carbonyl (C=O) groups is 1. The van der Waals surface area contributed by atoms with Gasteiger partial charge in [-0.3, -0.25) is 4.79 Å². The van der Waals surface area contributed by atoms with Crippen LogP contribution in [0.1, 0.15) is 19.3 Å². The molecule has 0 bridgehead atoms. The Balaban J connectivity index is 2.35. The number of carboxylic acid groups (broad SMARTS) is 1. The Morgan fingerprint density at radius 1 is 1.58 bits per heavy atom. The van der Waals surface area contributed by atoms with Gasteiger partial charge in [-0.25, -0.2) is 0 Å². The van der Waals surface area contributed by atoms with Crippen molar-refractivity contribution in [1.82, 2.24) is 5.32 Å². The number of hydrogen-bond acceptors (Lipinski definition) is 3. The lowest BCUT2D eigenvalue weighted by Gasteiger charge is -2.27. The van der Waals surface area contributed by atoms with Crippen molar-refractivity contribution in [2.45, 2.75) is 25.3 Å². The average molecular weight is 173 g/mol. The highest BCUT2D eigenvalue weighted by Gasteiger charge is 2.25. The Hall–Kier alpha value is -0.610. The number of aliphatic hydroxyl groups excluding tert-OH is 1. The van der Waals surface area contributed by atoms with Gasteiger partial charge >= 0.3 is 5.97 Å². The first-order chi connectivity index (χ1) is 5.74. The Kier molecular flexibility index (Phi) is 3.49. The summed E-state index contributed by atoms with van der Waals surface area (Å²) in [5.74, 6) is -0.407. The van der Waals surface area contributed by atoms with E-state index in [0.29, 0.717) is 12.3 Å². The molecule has 0 spiro atoms. The summed E-state index contributed by atoms with van der Waals surface area (Å²) < 4.78 is 0. The van der Waals surface area contributed by atoms with E-state index in [4.69, 9.17) is 10.2 Å². The van der Waals surface area contributed by atoms with Crippen molar-refractivity contribution in [2.75, 3.05) is 13.2 Å². The third-order valence-electron chi connectivity index (χ3n) is 2.35. The minimum Gasteiger partial charge on any atom is -0.480 e. The Labute approximate surface area is 71.6 Å². The van der Waals surface area contributed by atoms with Gasteiger partial charge in [0.2, 0.25) is 0 Å². The van der Waals surface area contributed by atoms with E-state index in [2.05, 4.69) is 5.32 Å². The normalized spacial score (nSPS) is 30.1. The second kappa shape index (κ2) is 4.42. The third-order valence-corrected chi connectivity index (χ3v) is 2.35. The molecule has 1 heterocycles. The molecule has 0 aromatic heterocycles. The van der Waals surface area contributed by atoms with E-state index in [1.165, 1.54) is 0 Å². The SMILES string of the molecule is O=C(O)C1CC(CCO)CCN1. The van der Waals surface area contributed by atoms with Crippen molar-refractivity contribution in [3.8, 4) is 0 Å². The fourth-order valence-electron chi connectivity index (χ4n) is 1.63. The Bertz CT molecular complexity index is 158. The summed E-state index contributed by atoms with van der Waals surface area (Å²) in [5.41, 5.74) is 0. The second-order valence-electron chi connectivity index (χ2n) is 3.25. The van der Waals surface area contributed by atoms with Gasteiger partial charge in [0.15, 0.2) is 0 Å². The van der Waals surface area contributed by atoms with Crippen LogP contribution in [0.3, 0.4) is 0 Å². The summed E-state index contributed by atoms with van der Waals surface area (Å²) in [6.07, 6.45) is 2.35. The minimum atomic E-state index is -0.780. The van der Waals surface area contributed by atoms with Crippen molar-refractivity contribution in [1.29, 1.82) is 0 Å². The molecular formula is C8H15NO3. The van der Waals surface area contributed by atoms with Crippen LogP contribution in [0.4, 0.5) is 0 Å². The maximum Gasteiger partial charge on any atom is 0.320 e. The van der Waals surface area contributed by atoms with Crippen LogP contribution in [0.15, 0.2) is 0 Å². The van der Waals surface area contributed by atoms with Crippen molar-refractivity contribution < 1.29 is 15.0 Å². The zero-order valence-electron chi connectivity index (χ0n) is 6.99. The molecule has 2 atom stereocenters. The van der Waals surface area contributed by atoms with E-state index in [-0.39, 0.29) is 6.61 Å². The molecule has 4 heteroatoms. The van der Waals surface area contributed by atoms with Gasteiger partial charge < -0.3 is 15.5 Å². The maximum atomic E-state index is 10.6. The lowest BCUT2D eigenvalue weighted by molar-refractivity contribution is -0.140. The lowest BCUT2D eigenvalue weighted by Crippen LogP contribution is -2.43. The monoisotopic (exact) mass is 173 g/mol. The molecule has 1 saturated heterocycles. The summed E-state index contributed by atoms with van der Waals surface area (Å²) in [4.78, 5) is 10.6. The lowest BCUT2D eigenvalue weighted by atomic mass is 9.90. The van der Waals surface area contributed by atoms with Gasteiger partial charge in [0.1, 0.15) is 6.04 Å². The minimum absolute atomic E-state index is 0.164. The number of aliphatic carboxylic acids is 1. The van der Waals surface area contributed by atoms with Crippen molar-refractivity contribution in [2.24, 2.45) is 5.92 Å². The van der Waals surface area contributed by atoms with Gasteiger partial charge in [-0.15, -0.1) is 0 Å². The smallest absolute Gasteiger partial charge is 0.320 e. The molecule has 12 heavy (non-hydrogen) atoms. The fraction of sp³-hybridized carbons (Fsp3) is 0.875. The number of carboxylic acids is 1. The van der Waals surface area contributed by atoms with Gasteiger partial charge in [0, 0.05) is 6.61 Å². The molecule has 0 amide bonds. The summed E-state index contributed by atoms with van der Waals surface area (Å²) in [5, 5.41) is 20.3. The van der Waals surface area contributed by atoms with E-state index in [9.17, 15) is 4.79 Å². The van der Waals surface area contributed by atoms with Crippen LogP contribution in [-0.2, 0) is 4.79 Å². The van der Waals surface area contributed by atoms with Crippen LogP contribution in [0.5, 0.6) is 0 Å². The molecule has 0 aromatic carbocycles. The number of aliphatic hydroxyl groups is 1. The first kappa shape index (κ1) is 9.48. The highest BCUT2D eigenvalue weighted by Crippen LogP contribution is 2.19. The van der Waals surface area contributed by atoms with Crippen molar-refractivity contribution >= 4 is 5.97 Å². The zero-order valence-corrected chi connectivity index (χ0v) is 6.99. The van der Waals surface area contributed by atoms with E-state index in [1.54, 1.807) is 0 Å². The Morgan fingerprint density at radius 3 is 2.92 bits per heavy atom. The molecule has 4 nitrogen and oxygen atoms in total. The third kappa shape index (κ3) is 2.46. The number of rotatable bonds is 3. The van der Waals surface area contributed by atoms with Crippen LogP contribution in [0.25, 0.3) is 0 Å². The molecule has 1 fully saturated rings. The second-order valence-corrected chi connectivity index (χ2v) is 3.25. The predicted octanol–water partition coefficient (Wildman–Crippen LogP) is -0.178. The standard InChI is InChI=1S/C8H15NO3/c10-4-2-6-1-3-9-7(5-6)8(11)12/h6-7,9-10H,1-5H2,(H,11,12). The fourth-order valence-corrected chi connectivity index (χ4v) is 1.63. The van der Waals surface area contributed by atoms with Crippen LogP contribution in [-0.4, -0.2) is 35.4 Å². The molecule has 3 N–H and O–H groups in total. The molecule has 0 aromatic rings. The first-order valence-corrected chi connectivity index (χ1v) is 4.31. The highest BCUT2D eigenvalue weighted by atomic mass is 16.4. The zero-order chi connectivity index (χ0) is 8.97. The van der Waals surface area contributed by atoms with E-state index >= 15 is 0 Å². The number of nitrogens with one attached hydrogen (secondary N) is 1. The molecule has 1 aliphatic rings. The Morgan fingerprint density at radius 2 is 2.33 bits per heavy atom. The van der Waals surface area contributed by atoms with E-state index in [0.717, 1.165) is 19.4 Å². The summed E-state index contributed by atoms with van der Waals surface area (Å²) in [6.45, 7) is 0.915. The van der Waals surface area contributed by atoms with E-state index in [1.807, 2.05) is 0 Å². The molecule has 0 aliphatic carbocycles. The largest absolute Gasteiger partial charge is 0.480 e. The topological polar surface area (TPSA) is 69.6 Å². The molecule has 1 rings (SSSR count). The molecule has 0 saturated carbocycles. The first-order valence-electron chi connectivity index (χ1n) is 4.31. The highest BCUT2D eigenvalue weighted by molar-refractivity contribution is 5.73. The number of hydrogen-bond donors (Lipinski definition) is 3. The van der Waals surface area contributed by atoms with Gasteiger partial charge in [0.25, 0.3) is 0 Å². The molecule has 1 aliphatic heterocycles. The summed E-state index contributed by atoms with van der Waals surface area (Å²) in [6, 6.07) is -0.407. The van der Waals surface area contributed by atoms with Crippen LogP contribution < -0.4 is 5.32 Å². The average Bonchev–Trinajstić information content (AvgIpc) is 2.05. The molecular weight excluding hydrogens is 158 g/mol. The predicted molar refractivity (Wildman–Crippen MR) is 43.9 cm³/mol. The molecule has 70 valence electrons. The van der Waals surface area contributed by atoms with Crippen LogP contribution in [0.2, 0.25) is 0 Å². The van der Waals surface area contributed by atoms with Gasteiger partial charge in [-0.2, -0.15) is 0 Å². The van der Waals surface area contributed by atoms with Gasteiger partial charge in [0.05, 0.1) is 0 Å². The van der Waals surface area contributed by atoms with Gasteiger partial charge in [-0.1, -0.05) is 0 Å². The van der Waals surface area contributed by atoms with Crippen molar-refractivity contribution in [3.63, 3.8) is 0 Å². The molecule has 2 unspecified atom stereocenters. The van der Waals surface area contributed by atoms with Gasteiger partial charge in [-0.05, 0) is 31.7 Å². The quantitative estimate of drug-likeness (QED) is 0.554. The molecule has 0 radical (unpaired) electrons. The van der Waals surface area contributed by atoms with E-state index < -0.39 is 12.0 Å². The van der Waals surface area contributed by atoms with Crippen LogP contribution in [0, 0.1) is 5.92 Å². The summed E-state index contributed by atoms with van der Waals surface area (Å²) in [7, 11) is 0. The van der Waals surface area contributed by atoms with Crippen LogP contribution >= 0.6 is 0 Å². The summed E-state index contributed by atoms with van der Waals surface area (Å²) >= 11 is 0. The van der Waals surface area contributed by atoms with Crippen molar-refractivity contribution in [3.05, 3.63) is 0 Å². The maximum absolute atomic E-state index is 10.6. The number of piperidine rings is 1.